The minimum atomic E-state index is -0.189. The van der Waals surface area contributed by atoms with E-state index in [-0.39, 0.29) is 24.4 Å². The lowest BCUT2D eigenvalue weighted by atomic mass is 10.1. The van der Waals surface area contributed by atoms with Crippen LogP contribution < -0.4 is 20.3 Å². The number of hydrogen-bond donors (Lipinski definition) is 2. The molecule has 0 atom stereocenters. The molecule has 0 bridgehead atoms. The van der Waals surface area contributed by atoms with E-state index in [2.05, 4.69) is 10.3 Å². The van der Waals surface area contributed by atoms with Gasteiger partial charge in [-0.2, -0.15) is 0 Å². The lowest BCUT2D eigenvalue weighted by molar-refractivity contribution is -0.120. The summed E-state index contributed by atoms with van der Waals surface area (Å²) in [5, 5.41) is 3.77. The Balaban J connectivity index is 1.44. The van der Waals surface area contributed by atoms with E-state index in [4.69, 9.17) is 9.47 Å². The number of rotatable bonds is 4. The molecule has 138 valence electrons. The predicted octanol–water partition coefficient (Wildman–Crippen LogP) is 2.47. The van der Waals surface area contributed by atoms with Crippen molar-refractivity contribution < 1.29 is 14.3 Å². The van der Waals surface area contributed by atoms with Gasteiger partial charge in [-0.15, -0.1) is 0 Å². The highest BCUT2D eigenvalue weighted by molar-refractivity contribution is 5.81. The third kappa shape index (κ3) is 3.79. The standard InChI is InChI=1S/C21H20N2O4/c1-13-2-4-17-15(8-13)11-16(21(25)23-17)12-22-20(24)10-14-3-5-18-19(9-14)27-7-6-26-18/h2-5,8-9,11H,6-7,10,12H2,1H3,(H,22,24)(H,23,25). The monoisotopic (exact) mass is 364 g/mol. The topological polar surface area (TPSA) is 80.4 Å². The summed E-state index contributed by atoms with van der Waals surface area (Å²) in [5.41, 5.74) is 3.08. The molecule has 4 rings (SSSR count). The summed E-state index contributed by atoms with van der Waals surface area (Å²) in [6.07, 6.45) is 0.210. The second-order valence-electron chi connectivity index (χ2n) is 6.65. The van der Waals surface area contributed by atoms with Crippen LogP contribution in [0.5, 0.6) is 11.5 Å². The minimum Gasteiger partial charge on any atom is -0.486 e. The Morgan fingerprint density at radius 1 is 1.07 bits per heavy atom. The summed E-state index contributed by atoms with van der Waals surface area (Å²) >= 11 is 0. The molecule has 6 heteroatoms. The molecule has 2 heterocycles. The molecule has 0 unspecified atom stereocenters. The van der Waals surface area contributed by atoms with Crippen molar-refractivity contribution in [1.82, 2.24) is 10.3 Å². The van der Waals surface area contributed by atoms with Crippen molar-refractivity contribution in [2.75, 3.05) is 13.2 Å². The molecule has 0 spiro atoms. The molecule has 0 fully saturated rings. The molecule has 6 nitrogen and oxygen atoms in total. The molecule has 1 amide bonds. The number of carbonyl (C=O) groups excluding carboxylic acids is 1. The van der Waals surface area contributed by atoms with Crippen LogP contribution in [-0.4, -0.2) is 24.1 Å². The molecule has 0 aliphatic carbocycles. The molecule has 1 aliphatic rings. The molecular weight excluding hydrogens is 344 g/mol. The van der Waals surface area contributed by atoms with Crippen molar-refractivity contribution in [3.8, 4) is 11.5 Å². The first kappa shape index (κ1) is 17.1. The van der Waals surface area contributed by atoms with Gasteiger partial charge >= 0.3 is 0 Å². The van der Waals surface area contributed by atoms with Gasteiger partial charge in [-0.25, -0.2) is 0 Å². The van der Waals surface area contributed by atoms with Gasteiger partial charge in [0.1, 0.15) is 13.2 Å². The van der Waals surface area contributed by atoms with E-state index < -0.39 is 0 Å². The van der Waals surface area contributed by atoms with E-state index in [0.29, 0.717) is 30.3 Å². The van der Waals surface area contributed by atoms with Crippen LogP contribution in [0.15, 0.2) is 47.3 Å². The average molecular weight is 364 g/mol. The van der Waals surface area contributed by atoms with Crippen molar-refractivity contribution in [1.29, 1.82) is 0 Å². The highest BCUT2D eigenvalue weighted by Gasteiger charge is 2.13. The SMILES string of the molecule is Cc1ccc2[nH]c(=O)c(CNC(=O)Cc3ccc4c(c3)OCCO4)cc2c1. The largest absolute Gasteiger partial charge is 0.486 e. The van der Waals surface area contributed by atoms with Crippen molar-refractivity contribution >= 4 is 16.8 Å². The second kappa shape index (κ2) is 7.15. The van der Waals surface area contributed by atoms with Gasteiger partial charge in [0.2, 0.25) is 5.91 Å². The third-order valence-electron chi connectivity index (χ3n) is 4.52. The highest BCUT2D eigenvalue weighted by atomic mass is 16.6. The summed E-state index contributed by atoms with van der Waals surface area (Å²) in [7, 11) is 0. The summed E-state index contributed by atoms with van der Waals surface area (Å²) in [6, 6.07) is 13.1. The summed E-state index contributed by atoms with van der Waals surface area (Å²) in [4.78, 5) is 27.4. The van der Waals surface area contributed by atoms with Crippen molar-refractivity contribution in [3.63, 3.8) is 0 Å². The second-order valence-corrected chi connectivity index (χ2v) is 6.65. The zero-order valence-corrected chi connectivity index (χ0v) is 15.0. The van der Waals surface area contributed by atoms with Gasteiger partial charge in [-0.3, -0.25) is 9.59 Å². The molecule has 1 aliphatic heterocycles. The number of benzene rings is 2. The van der Waals surface area contributed by atoms with Crippen LogP contribution in [0.1, 0.15) is 16.7 Å². The van der Waals surface area contributed by atoms with E-state index >= 15 is 0 Å². The van der Waals surface area contributed by atoms with Gasteiger partial charge in [-0.05, 0) is 48.2 Å². The quantitative estimate of drug-likeness (QED) is 0.745. The van der Waals surface area contributed by atoms with Crippen LogP contribution in [0.4, 0.5) is 0 Å². The van der Waals surface area contributed by atoms with Gasteiger partial charge < -0.3 is 19.8 Å². The summed E-state index contributed by atoms with van der Waals surface area (Å²) in [6.45, 7) is 3.22. The number of ether oxygens (including phenoxy) is 2. The Morgan fingerprint density at radius 2 is 1.89 bits per heavy atom. The molecule has 0 saturated carbocycles. The number of aromatic nitrogens is 1. The van der Waals surface area contributed by atoms with E-state index in [0.717, 1.165) is 22.0 Å². The zero-order valence-electron chi connectivity index (χ0n) is 15.0. The Hall–Kier alpha value is -3.28. The van der Waals surface area contributed by atoms with Crippen LogP contribution in [0, 0.1) is 6.92 Å². The summed E-state index contributed by atoms with van der Waals surface area (Å²) in [5.74, 6) is 1.20. The van der Waals surface area contributed by atoms with Crippen LogP contribution >= 0.6 is 0 Å². The molecule has 0 radical (unpaired) electrons. The number of H-pyrrole nitrogens is 1. The first-order chi connectivity index (χ1) is 13.1. The number of fused-ring (bicyclic) bond motifs is 2. The Morgan fingerprint density at radius 3 is 2.74 bits per heavy atom. The Kier molecular flexibility index (Phi) is 4.54. The Labute approximate surface area is 156 Å². The van der Waals surface area contributed by atoms with Gasteiger partial charge in [-0.1, -0.05) is 17.7 Å². The van der Waals surface area contributed by atoms with Crippen molar-refractivity contribution in [2.24, 2.45) is 0 Å². The fraction of sp³-hybridized carbons (Fsp3) is 0.238. The molecule has 2 N–H and O–H groups in total. The predicted molar refractivity (Wildman–Crippen MR) is 102 cm³/mol. The number of pyridine rings is 1. The first-order valence-corrected chi connectivity index (χ1v) is 8.86. The number of nitrogens with one attached hydrogen (secondary N) is 2. The number of carbonyl (C=O) groups is 1. The van der Waals surface area contributed by atoms with Gasteiger partial charge in [0.15, 0.2) is 11.5 Å². The van der Waals surface area contributed by atoms with E-state index in [9.17, 15) is 9.59 Å². The van der Waals surface area contributed by atoms with Gasteiger partial charge in [0, 0.05) is 17.6 Å². The number of aryl methyl sites for hydroxylation is 1. The third-order valence-corrected chi connectivity index (χ3v) is 4.52. The molecule has 3 aromatic rings. The van der Waals surface area contributed by atoms with E-state index in [1.807, 2.05) is 49.4 Å². The highest BCUT2D eigenvalue weighted by Crippen LogP contribution is 2.30. The molecule has 27 heavy (non-hydrogen) atoms. The summed E-state index contributed by atoms with van der Waals surface area (Å²) < 4.78 is 11.0. The Bertz CT molecular complexity index is 1070. The van der Waals surface area contributed by atoms with Crippen LogP contribution in [0.3, 0.4) is 0 Å². The maximum absolute atomic E-state index is 12.3. The fourth-order valence-electron chi connectivity index (χ4n) is 3.14. The normalized spacial score (nSPS) is 12.8. The minimum absolute atomic E-state index is 0.157. The van der Waals surface area contributed by atoms with Crippen molar-refractivity contribution in [2.45, 2.75) is 19.9 Å². The molecule has 0 saturated heterocycles. The average Bonchev–Trinajstić information content (AvgIpc) is 2.66. The van der Waals surface area contributed by atoms with Crippen LogP contribution in [-0.2, 0) is 17.8 Å². The maximum Gasteiger partial charge on any atom is 0.253 e. The maximum atomic E-state index is 12.3. The lowest BCUT2D eigenvalue weighted by Crippen LogP contribution is -2.28. The van der Waals surface area contributed by atoms with Crippen LogP contribution in [0.25, 0.3) is 10.9 Å². The van der Waals surface area contributed by atoms with Crippen molar-refractivity contribution in [3.05, 3.63) is 69.5 Å². The molecule has 1 aromatic heterocycles. The molecular formula is C21H20N2O4. The number of aromatic amines is 1. The zero-order chi connectivity index (χ0) is 18.8. The van der Waals surface area contributed by atoms with E-state index in [1.165, 1.54) is 0 Å². The fourth-order valence-corrected chi connectivity index (χ4v) is 3.14. The smallest absolute Gasteiger partial charge is 0.253 e. The molecule has 2 aromatic carbocycles. The first-order valence-electron chi connectivity index (χ1n) is 8.86. The number of amides is 1. The van der Waals surface area contributed by atoms with Gasteiger partial charge in [0.25, 0.3) is 5.56 Å². The lowest BCUT2D eigenvalue weighted by Gasteiger charge is -2.18. The van der Waals surface area contributed by atoms with Crippen LogP contribution in [0.2, 0.25) is 0 Å². The number of hydrogen-bond acceptors (Lipinski definition) is 4. The van der Waals surface area contributed by atoms with Gasteiger partial charge in [0.05, 0.1) is 6.42 Å². The van der Waals surface area contributed by atoms with E-state index in [1.54, 1.807) is 0 Å².